The minimum atomic E-state index is -0.204. The maximum Gasteiger partial charge on any atom is 0.194 e. The maximum absolute atomic E-state index is 13.3. The summed E-state index contributed by atoms with van der Waals surface area (Å²) in [5.74, 6) is 0.207. The van der Waals surface area contributed by atoms with Gasteiger partial charge >= 0.3 is 0 Å². The number of hydrogen-bond donors (Lipinski definition) is 1. The van der Waals surface area contributed by atoms with Crippen LogP contribution in [0.25, 0.3) is 22.3 Å². The average molecular weight is 330 g/mol. The lowest BCUT2D eigenvalue weighted by Gasteiger charge is -2.14. The number of carbonyl (C=O) groups is 1. The number of phenols is 1. The molecule has 2 aromatic carbocycles. The van der Waals surface area contributed by atoms with Gasteiger partial charge in [-0.25, -0.2) is 0 Å². The molecule has 0 atom stereocenters. The molecular formula is C21H14O4. The summed E-state index contributed by atoms with van der Waals surface area (Å²) in [6.45, 7) is 1.88. The van der Waals surface area contributed by atoms with Crippen LogP contribution in [0.15, 0.2) is 69.9 Å². The van der Waals surface area contributed by atoms with Gasteiger partial charge in [-0.1, -0.05) is 24.3 Å². The predicted octanol–water partition coefficient (Wildman–Crippen LogP) is 4.14. The third-order valence-corrected chi connectivity index (χ3v) is 4.29. The molecule has 0 unspecified atom stereocenters. The van der Waals surface area contributed by atoms with E-state index in [-0.39, 0.29) is 17.0 Å². The zero-order valence-corrected chi connectivity index (χ0v) is 13.4. The van der Waals surface area contributed by atoms with Crippen molar-refractivity contribution in [2.45, 2.75) is 6.92 Å². The Morgan fingerprint density at radius 2 is 1.80 bits per heavy atom. The van der Waals surface area contributed by atoms with Gasteiger partial charge in [0.15, 0.2) is 11.2 Å². The standard InChI is InChI=1S/C21H14O4/c1-12-4-2-3-5-15(12)21(24)20-16-8-6-13(22)10-18(16)25-19-11-14(23)7-9-17(19)20/h2-11,22H,1H3. The first-order valence-electron chi connectivity index (χ1n) is 7.84. The Morgan fingerprint density at radius 3 is 2.60 bits per heavy atom. The highest BCUT2D eigenvalue weighted by molar-refractivity contribution is 6.20. The Hall–Kier alpha value is -3.40. The molecule has 0 spiro atoms. The van der Waals surface area contributed by atoms with E-state index in [2.05, 4.69) is 0 Å². The van der Waals surface area contributed by atoms with Crippen LogP contribution in [0.5, 0.6) is 5.75 Å². The highest BCUT2D eigenvalue weighted by atomic mass is 16.3. The Bertz CT molecular complexity index is 1150. The lowest BCUT2D eigenvalue weighted by Crippen LogP contribution is -2.09. The zero-order chi connectivity index (χ0) is 17.6. The van der Waals surface area contributed by atoms with Gasteiger partial charge in [0.1, 0.15) is 17.1 Å². The van der Waals surface area contributed by atoms with E-state index < -0.39 is 0 Å². The van der Waals surface area contributed by atoms with Crippen LogP contribution in [0.3, 0.4) is 0 Å². The molecule has 0 fully saturated rings. The van der Waals surface area contributed by atoms with Crippen molar-refractivity contribution in [3.05, 3.63) is 87.6 Å². The van der Waals surface area contributed by atoms with E-state index in [1.165, 1.54) is 24.3 Å². The summed E-state index contributed by atoms with van der Waals surface area (Å²) in [4.78, 5) is 25.0. The molecule has 4 rings (SSSR count). The number of aryl methyl sites for hydroxylation is 1. The first kappa shape index (κ1) is 15.1. The molecule has 0 bridgehead atoms. The quantitative estimate of drug-likeness (QED) is 0.443. The molecule has 1 heterocycles. The van der Waals surface area contributed by atoms with Crippen LogP contribution in [-0.2, 0) is 0 Å². The Kier molecular flexibility index (Phi) is 3.39. The van der Waals surface area contributed by atoms with Crippen molar-refractivity contribution in [3.8, 4) is 17.1 Å². The number of phenolic OH excluding ortho intramolecular Hbond substituents is 1. The third kappa shape index (κ3) is 2.48. The van der Waals surface area contributed by atoms with Crippen molar-refractivity contribution < 1.29 is 14.3 Å². The molecule has 2 aromatic rings. The van der Waals surface area contributed by atoms with E-state index in [0.717, 1.165) is 5.56 Å². The molecule has 0 aromatic heterocycles. The van der Waals surface area contributed by atoms with E-state index >= 15 is 0 Å². The fourth-order valence-electron chi connectivity index (χ4n) is 3.07. The van der Waals surface area contributed by atoms with Gasteiger partial charge in [0, 0.05) is 34.2 Å². The second-order valence-electron chi connectivity index (χ2n) is 5.96. The summed E-state index contributed by atoms with van der Waals surface area (Å²) in [6.07, 6.45) is 0. The molecule has 0 amide bonds. The zero-order valence-electron chi connectivity index (χ0n) is 13.4. The van der Waals surface area contributed by atoms with Crippen LogP contribution >= 0.6 is 0 Å². The van der Waals surface area contributed by atoms with E-state index in [0.29, 0.717) is 33.4 Å². The molecule has 25 heavy (non-hydrogen) atoms. The fraction of sp³-hybridized carbons (Fsp3) is 0.0476. The van der Waals surface area contributed by atoms with Crippen molar-refractivity contribution >= 4 is 16.8 Å². The van der Waals surface area contributed by atoms with Gasteiger partial charge in [0.2, 0.25) is 0 Å². The van der Waals surface area contributed by atoms with Crippen molar-refractivity contribution in [3.63, 3.8) is 0 Å². The molecule has 122 valence electrons. The Balaban J connectivity index is 2.12. The molecule has 4 nitrogen and oxygen atoms in total. The van der Waals surface area contributed by atoms with E-state index in [1.54, 1.807) is 18.2 Å². The fourth-order valence-corrected chi connectivity index (χ4v) is 3.07. The number of hydrogen-bond acceptors (Lipinski definition) is 4. The summed E-state index contributed by atoms with van der Waals surface area (Å²) in [5, 5.41) is 10.3. The van der Waals surface area contributed by atoms with Gasteiger partial charge in [-0.3, -0.25) is 9.59 Å². The van der Waals surface area contributed by atoms with Crippen molar-refractivity contribution in [1.29, 1.82) is 0 Å². The molecule has 4 heteroatoms. The summed E-state index contributed by atoms with van der Waals surface area (Å²) >= 11 is 0. The highest BCUT2D eigenvalue weighted by Gasteiger charge is 2.23. The summed E-state index contributed by atoms with van der Waals surface area (Å²) in [6, 6.07) is 16.4. The predicted molar refractivity (Wildman–Crippen MR) is 95.4 cm³/mol. The first-order chi connectivity index (χ1) is 12.0. The molecule has 1 aliphatic heterocycles. The molecule has 0 saturated heterocycles. The summed E-state index contributed by atoms with van der Waals surface area (Å²) in [5.41, 5.74) is 2.65. The molecule has 1 N–H and O–H groups in total. The number of rotatable bonds is 2. The van der Waals surface area contributed by atoms with E-state index in [1.807, 2.05) is 25.1 Å². The van der Waals surface area contributed by atoms with Gasteiger partial charge in [-0.05, 0) is 36.8 Å². The summed E-state index contributed by atoms with van der Waals surface area (Å²) < 4.78 is 5.75. The number of fused-ring (bicyclic) bond motifs is 2. The van der Waals surface area contributed by atoms with Gasteiger partial charge < -0.3 is 9.52 Å². The number of benzene rings is 3. The molecule has 0 saturated carbocycles. The molecule has 2 aliphatic rings. The monoisotopic (exact) mass is 330 g/mol. The maximum atomic E-state index is 13.3. The normalized spacial score (nSPS) is 11.1. The SMILES string of the molecule is Cc1ccccc1C(=O)c1c2ccc(=O)cc-2oc2cc(O)ccc12. The largest absolute Gasteiger partial charge is 0.508 e. The van der Waals surface area contributed by atoms with Crippen molar-refractivity contribution in [2.24, 2.45) is 0 Å². The van der Waals surface area contributed by atoms with Crippen molar-refractivity contribution in [1.82, 2.24) is 0 Å². The van der Waals surface area contributed by atoms with E-state index in [9.17, 15) is 14.7 Å². The smallest absolute Gasteiger partial charge is 0.194 e. The lowest BCUT2D eigenvalue weighted by atomic mass is 9.91. The first-order valence-corrected chi connectivity index (χ1v) is 7.84. The van der Waals surface area contributed by atoms with Crippen LogP contribution in [0.1, 0.15) is 21.5 Å². The summed E-state index contributed by atoms with van der Waals surface area (Å²) in [7, 11) is 0. The van der Waals surface area contributed by atoms with Gasteiger partial charge in [0.05, 0.1) is 0 Å². The van der Waals surface area contributed by atoms with Crippen LogP contribution in [0.2, 0.25) is 0 Å². The molecular weight excluding hydrogens is 316 g/mol. The number of carbonyl (C=O) groups excluding carboxylic acids is 1. The average Bonchev–Trinajstić information content (AvgIpc) is 2.59. The molecule has 1 aliphatic carbocycles. The minimum absolute atomic E-state index is 0.0307. The minimum Gasteiger partial charge on any atom is -0.508 e. The number of ketones is 1. The van der Waals surface area contributed by atoms with Gasteiger partial charge in [0.25, 0.3) is 0 Å². The topological polar surface area (TPSA) is 67.5 Å². The third-order valence-electron chi connectivity index (χ3n) is 4.29. The Labute approximate surface area is 143 Å². The van der Waals surface area contributed by atoms with Gasteiger partial charge in [-0.15, -0.1) is 0 Å². The van der Waals surface area contributed by atoms with E-state index in [4.69, 9.17) is 4.42 Å². The van der Waals surface area contributed by atoms with Crippen LogP contribution in [0, 0.1) is 6.92 Å². The second-order valence-corrected chi connectivity index (χ2v) is 5.96. The van der Waals surface area contributed by atoms with Crippen LogP contribution in [0.4, 0.5) is 0 Å². The van der Waals surface area contributed by atoms with Crippen molar-refractivity contribution in [2.75, 3.05) is 0 Å². The molecule has 0 radical (unpaired) electrons. The number of aromatic hydroxyl groups is 1. The Morgan fingerprint density at radius 1 is 1.00 bits per heavy atom. The second kappa shape index (κ2) is 5.60. The highest BCUT2D eigenvalue weighted by Crippen LogP contribution is 2.35. The van der Waals surface area contributed by atoms with Gasteiger partial charge in [-0.2, -0.15) is 0 Å². The van der Waals surface area contributed by atoms with Crippen LogP contribution in [-0.4, -0.2) is 10.9 Å². The lowest BCUT2D eigenvalue weighted by molar-refractivity contribution is 0.104. The van der Waals surface area contributed by atoms with Crippen LogP contribution < -0.4 is 5.43 Å².